The van der Waals surface area contributed by atoms with Gasteiger partial charge in [0.25, 0.3) is 0 Å². The largest absolute Gasteiger partial charge is 0.491 e. The molecule has 0 aromatic heterocycles. The Morgan fingerprint density at radius 1 is 0.735 bits per heavy atom. The molecule has 0 bridgehead atoms. The van der Waals surface area contributed by atoms with Gasteiger partial charge in [-0.25, -0.2) is 0 Å². The van der Waals surface area contributed by atoms with Gasteiger partial charge in [-0.15, -0.1) is 0 Å². The predicted molar refractivity (Wildman–Crippen MR) is 133 cm³/mol. The molecule has 2 heterocycles. The predicted octanol–water partition coefficient (Wildman–Crippen LogP) is 1.66. The third-order valence-corrected chi connectivity index (χ3v) is 19.4. The van der Waals surface area contributed by atoms with Crippen LogP contribution < -0.4 is 0 Å². The first-order valence-electron chi connectivity index (χ1n) is 11.9. The standard InChI is InChI=1S/C19H44O11Si4/c1-20-33(21-2,12-8-10-24-14-18-16-26-18)29-31(5)28-32(6,7)30-34(22-3,23-4)13-9-11-25-15-19-17-27-19/h18-19,31H,8-17H2,1-7H3. The first-order valence-corrected chi connectivity index (χ1v) is 20.6. The number of hydrogen-bond acceptors (Lipinski definition) is 11. The topological polar surface area (TPSA) is 108 Å². The van der Waals surface area contributed by atoms with Gasteiger partial charge in [-0.1, -0.05) is 0 Å². The molecule has 202 valence electrons. The monoisotopic (exact) mass is 560 g/mol. The van der Waals surface area contributed by atoms with Crippen molar-refractivity contribution in [2.24, 2.45) is 0 Å². The zero-order valence-corrected chi connectivity index (χ0v) is 25.9. The lowest BCUT2D eigenvalue weighted by Crippen LogP contribution is -2.57. The summed E-state index contributed by atoms with van der Waals surface area (Å²) in [5.41, 5.74) is 0. The van der Waals surface area contributed by atoms with E-state index in [4.69, 9.17) is 49.0 Å². The second-order valence-electron chi connectivity index (χ2n) is 8.76. The van der Waals surface area contributed by atoms with E-state index in [0.717, 1.165) is 26.1 Å². The van der Waals surface area contributed by atoms with E-state index in [1.807, 2.05) is 19.6 Å². The SMILES string of the molecule is CO[Si](CCCOCC1CO1)(OC)O[SiH](C)O[Si](C)(C)O[Si](CCCOCC1CO1)(OC)OC. The summed E-state index contributed by atoms with van der Waals surface area (Å²) in [4.78, 5) is 0. The molecule has 3 unspecified atom stereocenters. The quantitative estimate of drug-likeness (QED) is 0.110. The maximum Gasteiger partial charge on any atom is 0.491 e. The van der Waals surface area contributed by atoms with Crippen LogP contribution in [0.2, 0.25) is 31.7 Å². The van der Waals surface area contributed by atoms with Crippen molar-refractivity contribution < 1.29 is 49.0 Å². The molecule has 2 rings (SSSR count). The molecule has 3 atom stereocenters. The van der Waals surface area contributed by atoms with Crippen LogP contribution in [0, 0.1) is 0 Å². The van der Waals surface area contributed by atoms with Crippen LogP contribution in [-0.2, 0) is 49.0 Å². The van der Waals surface area contributed by atoms with E-state index in [9.17, 15) is 0 Å². The van der Waals surface area contributed by atoms with Gasteiger partial charge >= 0.3 is 35.5 Å². The van der Waals surface area contributed by atoms with Crippen molar-refractivity contribution in [2.45, 2.75) is 56.8 Å². The van der Waals surface area contributed by atoms with Crippen LogP contribution in [0.5, 0.6) is 0 Å². The van der Waals surface area contributed by atoms with Crippen molar-refractivity contribution in [3.8, 4) is 0 Å². The normalized spacial score (nSPS) is 21.6. The summed E-state index contributed by atoms with van der Waals surface area (Å²) < 4.78 is 63.7. The molecule has 0 amide bonds. The van der Waals surface area contributed by atoms with E-state index >= 15 is 0 Å². The highest BCUT2D eigenvalue weighted by Crippen LogP contribution is 2.25. The zero-order chi connectivity index (χ0) is 25.1. The number of rotatable bonds is 22. The van der Waals surface area contributed by atoms with Crippen molar-refractivity contribution in [1.82, 2.24) is 0 Å². The Hall–Kier alpha value is 0.428. The van der Waals surface area contributed by atoms with E-state index in [-0.39, 0.29) is 12.2 Å². The summed E-state index contributed by atoms with van der Waals surface area (Å²) in [5, 5.41) is 0. The number of hydrogen-bond donors (Lipinski definition) is 0. The van der Waals surface area contributed by atoms with Gasteiger partial charge in [-0.05, 0) is 32.5 Å². The molecule has 2 aliphatic heterocycles. The molecule has 0 N–H and O–H groups in total. The maximum atomic E-state index is 6.45. The second-order valence-corrected chi connectivity index (χ2v) is 20.8. The molecule has 0 aromatic carbocycles. The van der Waals surface area contributed by atoms with Gasteiger partial charge in [-0.2, -0.15) is 0 Å². The Kier molecular flexibility index (Phi) is 13.5. The molecule has 0 aromatic rings. The van der Waals surface area contributed by atoms with Gasteiger partial charge in [0.15, 0.2) is 0 Å². The number of ether oxygens (including phenoxy) is 4. The zero-order valence-electron chi connectivity index (χ0n) is 21.8. The fourth-order valence-electron chi connectivity index (χ4n) is 3.48. The molecule has 15 heteroatoms. The molecule has 0 saturated carbocycles. The lowest BCUT2D eigenvalue weighted by atomic mass is 10.5. The minimum absolute atomic E-state index is 0.258. The van der Waals surface area contributed by atoms with E-state index in [2.05, 4.69) is 0 Å². The summed E-state index contributed by atoms with van der Waals surface area (Å²) in [6.45, 7) is 9.99. The molecule has 34 heavy (non-hydrogen) atoms. The average molecular weight is 561 g/mol. The van der Waals surface area contributed by atoms with Crippen LogP contribution in [0.1, 0.15) is 12.8 Å². The fourth-order valence-corrected chi connectivity index (χ4v) is 17.6. The van der Waals surface area contributed by atoms with E-state index in [1.54, 1.807) is 28.4 Å². The van der Waals surface area contributed by atoms with Gasteiger partial charge in [-0.3, -0.25) is 0 Å². The van der Waals surface area contributed by atoms with Crippen LogP contribution in [0.4, 0.5) is 0 Å². The molecule has 0 spiro atoms. The average Bonchev–Trinajstić information content (AvgIpc) is 3.72. The highest BCUT2D eigenvalue weighted by Gasteiger charge is 2.48. The van der Waals surface area contributed by atoms with Crippen molar-refractivity contribution in [3.05, 3.63) is 0 Å². The van der Waals surface area contributed by atoms with Crippen LogP contribution >= 0.6 is 0 Å². The Morgan fingerprint density at radius 2 is 1.18 bits per heavy atom. The summed E-state index contributed by atoms with van der Waals surface area (Å²) in [7, 11) is -4.04. The summed E-state index contributed by atoms with van der Waals surface area (Å²) in [6, 6.07) is 1.29. The molecule has 0 aliphatic carbocycles. The highest BCUT2D eigenvalue weighted by molar-refractivity contribution is 6.81. The van der Waals surface area contributed by atoms with Gasteiger partial charge in [0.1, 0.15) is 12.2 Å². The Labute approximate surface area is 209 Å². The van der Waals surface area contributed by atoms with Crippen LogP contribution in [0.25, 0.3) is 0 Å². The van der Waals surface area contributed by atoms with Gasteiger partial charge in [0.2, 0.25) is 0 Å². The first kappa shape index (κ1) is 30.7. The summed E-state index contributed by atoms with van der Waals surface area (Å²) in [5.74, 6) is 0. The molecule has 2 saturated heterocycles. The van der Waals surface area contributed by atoms with Gasteiger partial charge in [0.05, 0.1) is 26.4 Å². The van der Waals surface area contributed by atoms with Crippen molar-refractivity contribution >= 4 is 35.5 Å². The minimum Gasteiger partial charge on any atom is -0.418 e. The van der Waals surface area contributed by atoms with Crippen LogP contribution in [0.3, 0.4) is 0 Å². The fraction of sp³-hybridized carbons (Fsp3) is 1.00. The Morgan fingerprint density at radius 3 is 1.59 bits per heavy atom. The summed E-state index contributed by atoms with van der Waals surface area (Å²) in [6.07, 6.45) is 2.06. The van der Waals surface area contributed by atoms with E-state index < -0.39 is 35.5 Å². The number of epoxide rings is 2. The molecular weight excluding hydrogens is 517 g/mol. The van der Waals surface area contributed by atoms with Crippen molar-refractivity contribution in [2.75, 3.05) is 68.1 Å². The summed E-state index contributed by atoms with van der Waals surface area (Å²) >= 11 is 0. The van der Waals surface area contributed by atoms with Gasteiger partial charge < -0.3 is 49.0 Å². The molecule has 2 aliphatic rings. The maximum absolute atomic E-state index is 6.45. The highest BCUT2D eigenvalue weighted by atomic mass is 28.5. The van der Waals surface area contributed by atoms with E-state index in [1.165, 1.54) is 0 Å². The van der Waals surface area contributed by atoms with Crippen LogP contribution in [0.15, 0.2) is 0 Å². The van der Waals surface area contributed by atoms with Gasteiger partial charge in [0, 0.05) is 53.7 Å². The van der Waals surface area contributed by atoms with Crippen molar-refractivity contribution in [1.29, 1.82) is 0 Å². The smallest absolute Gasteiger partial charge is 0.418 e. The Bertz CT molecular complexity index is 558. The van der Waals surface area contributed by atoms with Crippen LogP contribution in [-0.4, -0.2) is 116 Å². The minimum atomic E-state index is -2.90. The van der Waals surface area contributed by atoms with Crippen molar-refractivity contribution in [3.63, 3.8) is 0 Å². The van der Waals surface area contributed by atoms with E-state index in [0.29, 0.717) is 38.5 Å². The third kappa shape index (κ3) is 11.7. The molecule has 0 radical (unpaired) electrons. The lowest BCUT2D eigenvalue weighted by Gasteiger charge is -2.37. The second kappa shape index (κ2) is 15.0. The lowest BCUT2D eigenvalue weighted by molar-refractivity contribution is 0.104. The third-order valence-electron chi connectivity index (χ3n) is 5.40. The Balaban J connectivity index is 1.79. The molecular formula is C19H44O11Si4. The molecule has 2 fully saturated rings. The molecule has 11 nitrogen and oxygen atoms in total. The first-order chi connectivity index (χ1) is 16.2.